The summed E-state index contributed by atoms with van der Waals surface area (Å²) >= 11 is 0. The number of fused-ring (bicyclic) bond motifs is 1. The van der Waals surface area contributed by atoms with Gasteiger partial charge in [-0.25, -0.2) is 0 Å². The summed E-state index contributed by atoms with van der Waals surface area (Å²) in [7, 11) is 5.69. The second-order valence-corrected chi connectivity index (χ2v) is 8.95. The molecule has 1 aliphatic heterocycles. The van der Waals surface area contributed by atoms with Crippen LogP contribution in [0.15, 0.2) is 54.6 Å². The molecule has 0 spiro atoms. The van der Waals surface area contributed by atoms with Crippen LogP contribution in [-0.4, -0.2) is 67.3 Å². The van der Waals surface area contributed by atoms with Gasteiger partial charge < -0.3 is 19.6 Å². The fourth-order valence-corrected chi connectivity index (χ4v) is 5.52. The van der Waals surface area contributed by atoms with E-state index in [4.69, 9.17) is 4.74 Å². The van der Waals surface area contributed by atoms with Crippen molar-refractivity contribution in [3.05, 3.63) is 65.7 Å². The first-order valence-electron chi connectivity index (χ1n) is 10.8. The topological polar surface area (TPSA) is 53.0 Å². The maximum Gasteiger partial charge on any atom is 0.253 e. The van der Waals surface area contributed by atoms with Crippen molar-refractivity contribution < 1.29 is 14.6 Å². The van der Waals surface area contributed by atoms with E-state index in [1.807, 2.05) is 54.4 Å². The second kappa shape index (κ2) is 8.40. The minimum absolute atomic E-state index is 0.0139. The summed E-state index contributed by atoms with van der Waals surface area (Å²) in [5.74, 6) is 0.990. The highest BCUT2D eigenvalue weighted by molar-refractivity contribution is 5.94. The Morgan fingerprint density at radius 1 is 1.20 bits per heavy atom. The largest absolute Gasteiger partial charge is 0.497 e. The van der Waals surface area contributed by atoms with Crippen molar-refractivity contribution in [1.29, 1.82) is 0 Å². The molecular formula is C25H32N2O3. The molecule has 1 saturated carbocycles. The number of hydrogen-bond donors (Lipinski definition) is 1. The average Bonchev–Trinajstić information content (AvgIpc) is 2.79. The van der Waals surface area contributed by atoms with Crippen LogP contribution in [0, 0.1) is 5.92 Å². The lowest BCUT2D eigenvalue weighted by Crippen LogP contribution is -2.60. The first-order chi connectivity index (χ1) is 14.4. The van der Waals surface area contributed by atoms with Gasteiger partial charge in [-0.05, 0) is 62.7 Å². The Morgan fingerprint density at radius 3 is 2.70 bits per heavy atom. The van der Waals surface area contributed by atoms with Gasteiger partial charge >= 0.3 is 0 Å². The van der Waals surface area contributed by atoms with Gasteiger partial charge in [-0.1, -0.05) is 30.3 Å². The average molecular weight is 409 g/mol. The van der Waals surface area contributed by atoms with E-state index in [-0.39, 0.29) is 23.3 Å². The van der Waals surface area contributed by atoms with Crippen LogP contribution in [0.5, 0.6) is 5.75 Å². The normalized spacial score (nSPS) is 29.1. The summed E-state index contributed by atoms with van der Waals surface area (Å²) in [5, 5.41) is 11.3. The van der Waals surface area contributed by atoms with E-state index in [0.717, 1.165) is 31.7 Å². The molecule has 0 aromatic heterocycles. The smallest absolute Gasteiger partial charge is 0.253 e. The van der Waals surface area contributed by atoms with Crippen LogP contribution in [-0.2, 0) is 5.41 Å². The lowest BCUT2D eigenvalue weighted by atomic mass is 9.57. The number of hydrogen-bond acceptors (Lipinski definition) is 4. The Kier molecular flexibility index (Phi) is 5.85. The maximum absolute atomic E-state index is 13.1. The number of aliphatic hydroxyl groups is 1. The highest BCUT2D eigenvalue weighted by Gasteiger charge is 2.52. The molecule has 2 fully saturated rings. The second-order valence-electron chi connectivity index (χ2n) is 8.95. The first-order valence-corrected chi connectivity index (χ1v) is 10.8. The molecule has 1 unspecified atom stereocenters. The molecule has 5 nitrogen and oxygen atoms in total. The van der Waals surface area contributed by atoms with E-state index in [1.54, 1.807) is 7.11 Å². The Hall–Kier alpha value is -2.37. The molecule has 2 aromatic rings. The fourth-order valence-electron chi connectivity index (χ4n) is 5.52. The third-order valence-electron chi connectivity index (χ3n) is 7.27. The molecule has 2 aliphatic rings. The lowest BCUT2D eigenvalue weighted by Gasteiger charge is -2.55. The van der Waals surface area contributed by atoms with Crippen molar-refractivity contribution in [2.75, 3.05) is 34.3 Å². The van der Waals surface area contributed by atoms with Gasteiger partial charge in [0.05, 0.1) is 13.2 Å². The predicted molar refractivity (Wildman–Crippen MR) is 118 cm³/mol. The first kappa shape index (κ1) is 20.9. The van der Waals surface area contributed by atoms with Crippen molar-refractivity contribution in [3.8, 4) is 5.75 Å². The summed E-state index contributed by atoms with van der Waals surface area (Å²) in [6.45, 7) is 1.84. The zero-order chi connectivity index (χ0) is 21.3. The molecule has 160 valence electrons. The number of rotatable bonds is 4. The molecule has 30 heavy (non-hydrogen) atoms. The highest BCUT2D eigenvalue weighted by atomic mass is 16.5. The molecule has 1 amide bonds. The van der Waals surface area contributed by atoms with Gasteiger partial charge in [0.15, 0.2) is 0 Å². The number of carbonyl (C=O) groups is 1. The molecule has 0 bridgehead atoms. The molecule has 5 heteroatoms. The number of piperidine rings is 1. The van der Waals surface area contributed by atoms with Crippen LogP contribution in [0.4, 0.5) is 0 Å². The van der Waals surface area contributed by atoms with Crippen molar-refractivity contribution >= 4 is 5.91 Å². The quantitative estimate of drug-likeness (QED) is 0.844. The number of likely N-dealkylation sites (tertiary alicyclic amines) is 1. The lowest BCUT2D eigenvalue weighted by molar-refractivity contribution is -0.0566. The highest BCUT2D eigenvalue weighted by Crippen LogP contribution is 2.50. The van der Waals surface area contributed by atoms with Gasteiger partial charge in [0.1, 0.15) is 5.75 Å². The summed E-state index contributed by atoms with van der Waals surface area (Å²) in [4.78, 5) is 17.3. The van der Waals surface area contributed by atoms with Gasteiger partial charge in [0.25, 0.3) is 5.91 Å². The van der Waals surface area contributed by atoms with Crippen LogP contribution < -0.4 is 4.74 Å². The summed E-state index contributed by atoms with van der Waals surface area (Å²) in [5.41, 5.74) is 1.73. The van der Waals surface area contributed by atoms with E-state index in [0.29, 0.717) is 12.0 Å². The van der Waals surface area contributed by atoms with Gasteiger partial charge in [-0.2, -0.15) is 0 Å². The van der Waals surface area contributed by atoms with Gasteiger partial charge in [0, 0.05) is 36.5 Å². The van der Waals surface area contributed by atoms with Crippen molar-refractivity contribution in [3.63, 3.8) is 0 Å². The number of carbonyl (C=O) groups excluding carboxylic acids is 1. The number of ether oxygens (including phenoxy) is 1. The predicted octanol–water partition coefficient (Wildman–Crippen LogP) is 3.18. The third-order valence-corrected chi connectivity index (χ3v) is 7.27. The fraction of sp³-hybridized carbons (Fsp3) is 0.480. The molecule has 2 aromatic carbocycles. The number of aliphatic hydroxyl groups excluding tert-OH is 1. The molecule has 1 saturated heterocycles. The minimum Gasteiger partial charge on any atom is -0.497 e. The van der Waals surface area contributed by atoms with Crippen molar-refractivity contribution in [2.24, 2.45) is 5.92 Å². The van der Waals surface area contributed by atoms with E-state index in [9.17, 15) is 9.90 Å². The SMILES string of the molecule is COc1cccc([C@@]23CCN(C)C[C@H]2C(O)C[C@H](N(C)C(=O)c2ccccc2)C3)c1. The molecule has 4 rings (SSSR count). The number of methoxy groups -OCH3 is 1. The molecule has 1 heterocycles. The van der Waals surface area contributed by atoms with E-state index in [2.05, 4.69) is 24.1 Å². The van der Waals surface area contributed by atoms with Crippen LogP contribution >= 0.6 is 0 Å². The Labute approximate surface area is 179 Å². The molecule has 1 aliphatic carbocycles. The monoisotopic (exact) mass is 408 g/mol. The molecule has 1 N–H and O–H groups in total. The van der Waals surface area contributed by atoms with Crippen molar-refractivity contribution in [2.45, 2.75) is 36.8 Å². The number of nitrogens with zero attached hydrogens (tertiary/aromatic N) is 2. The van der Waals surface area contributed by atoms with Crippen LogP contribution in [0.25, 0.3) is 0 Å². The standard InChI is InChI=1S/C25H32N2O3/c1-26-13-12-25(19-10-7-11-21(14-19)30-3)16-20(15-23(28)22(25)17-26)27(2)24(29)18-8-5-4-6-9-18/h4-11,14,20,22-23,28H,12-13,15-17H2,1-3H3/t20-,22-,23?,25-/m0/s1. The maximum atomic E-state index is 13.1. The molecule has 4 atom stereocenters. The summed E-state index contributed by atoms with van der Waals surface area (Å²) < 4.78 is 5.50. The number of benzene rings is 2. The van der Waals surface area contributed by atoms with Gasteiger partial charge in [-0.15, -0.1) is 0 Å². The molecule has 0 radical (unpaired) electrons. The third kappa shape index (κ3) is 3.72. The molecular weight excluding hydrogens is 376 g/mol. The minimum atomic E-state index is -0.455. The Bertz CT molecular complexity index is 887. The van der Waals surface area contributed by atoms with E-state index < -0.39 is 6.10 Å². The van der Waals surface area contributed by atoms with Gasteiger partial charge in [-0.3, -0.25) is 4.79 Å². The number of amides is 1. The van der Waals surface area contributed by atoms with Gasteiger partial charge in [0.2, 0.25) is 0 Å². The Morgan fingerprint density at radius 2 is 1.97 bits per heavy atom. The van der Waals surface area contributed by atoms with Crippen LogP contribution in [0.1, 0.15) is 35.2 Å². The summed E-state index contributed by atoms with van der Waals surface area (Å²) in [6, 6.07) is 17.7. The van der Waals surface area contributed by atoms with Crippen molar-refractivity contribution in [1.82, 2.24) is 9.80 Å². The Balaban J connectivity index is 1.69. The van der Waals surface area contributed by atoms with Crippen LogP contribution in [0.3, 0.4) is 0 Å². The zero-order valence-electron chi connectivity index (χ0n) is 18.1. The van der Waals surface area contributed by atoms with E-state index in [1.165, 1.54) is 5.56 Å². The van der Waals surface area contributed by atoms with E-state index >= 15 is 0 Å². The zero-order valence-corrected chi connectivity index (χ0v) is 18.1. The summed E-state index contributed by atoms with van der Waals surface area (Å²) in [6.07, 6.45) is 1.97. The van der Waals surface area contributed by atoms with Crippen LogP contribution in [0.2, 0.25) is 0 Å².